The average Bonchev–Trinajstić information content (AvgIpc) is 2.39. The van der Waals surface area contributed by atoms with Crippen LogP contribution in [0.3, 0.4) is 0 Å². The SMILES string of the molecule is COCC(O)C(C#N)c1cc(OC)ccc1OC. The highest BCUT2D eigenvalue weighted by molar-refractivity contribution is 5.45. The lowest BCUT2D eigenvalue weighted by molar-refractivity contribution is 0.0567. The molecule has 2 atom stereocenters. The zero-order chi connectivity index (χ0) is 13.5. The summed E-state index contributed by atoms with van der Waals surface area (Å²) in [7, 11) is 4.53. The largest absolute Gasteiger partial charge is 0.497 e. The van der Waals surface area contributed by atoms with Gasteiger partial charge in [-0.25, -0.2) is 0 Å². The first kappa shape index (κ1) is 14.3. The topological polar surface area (TPSA) is 71.7 Å². The molecule has 2 unspecified atom stereocenters. The molecule has 18 heavy (non-hydrogen) atoms. The van der Waals surface area contributed by atoms with E-state index in [0.29, 0.717) is 17.1 Å². The molecule has 1 aromatic carbocycles. The fraction of sp³-hybridized carbons (Fsp3) is 0.462. The molecule has 0 spiro atoms. The Balaban J connectivity index is 3.14. The molecule has 0 saturated heterocycles. The molecule has 0 amide bonds. The van der Waals surface area contributed by atoms with Crippen LogP contribution in [0.5, 0.6) is 11.5 Å². The molecule has 0 heterocycles. The lowest BCUT2D eigenvalue weighted by Gasteiger charge is -2.19. The van der Waals surface area contributed by atoms with Crippen molar-refractivity contribution >= 4 is 0 Å². The van der Waals surface area contributed by atoms with Crippen LogP contribution in [-0.4, -0.2) is 39.1 Å². The van der Waals surface area contributed by atoms with E-state index in [-0.39, 0.29) is 6.61 Å². The second-order valence-electron chi connectivity index (χ2n) is 3.74. The Bertz CT molecular complexity index is 427. The van der Waals surface area contributed by atoms with Crippen molar-refractivity contribution in [3.63, 3.8) is 0 Å². The molecule has 0 bridgehead atoms. The van der Waals surface area contributed by atoms with Gasteiger partial charge < -0.3 is 19.3 Å². The summed E-state index contributed by atoms with van der Waals surface area (Å²) >= 11 is 0. The summed E-state index contributed by atoms with van der Waals surface area (Å²) in [5.74, 6) is 0.420. The van der Waals surface area contributed by atoms with Gasteiger partial charge in [0.1, 0.15) is 17.4 Å². The minimum atomic E-state index is -0.916. The molecule has 98 valence electrons. The smallest absolute Gasteiger partial charge is 0.123 e. The van der Waals surface area contributed by atoms with E-state index in [9.17, 15) is 10.4 Å². The van der Waals surface area contributed by atoms with E-state index in [2.05, 4.69) is 6.07 Å². The molecule has 0 aromatic heterocycles. The lowest BCUT2D eigenvalue weighted by atomic mass is 9.94. The molecule has 0 aliphatic rings. The first-order chi connectivity index (χ1) is 8.67. The van der Waals surface area contributed by atoms with Gasteiger partial charge >= 0.3 is 0 Å². The number of nitriles is 1. The summed E-state index contributed by atoms with van der Waals surface area (Å²) in [4.78, 5) is 0. The molecule has 0 aliphatic heterocycles. The van der Waals surface area contributed by atoms with Gasteiger partial charge in [-0.05, 0) is 18.2 Å². The standard InChI is InChI=1S/C13H17NO4/c1-16-8-12(15)11(7-14)10-6-9(17-2)4-5-13(10)18-3/h4-6,11-12,15H,8H2,1-3H3. The monoisotopic (exact) mass is 251 g/mol. The van der Waals surface area contributed by atoms with Gasteiger partial charge in [-0.15, -0.1) is 0 Å². The number of methoxy groups -OCH3 is 3. The molecule has 1 N–H and O–H groups in total. The van der Waals surface area contributed by atoms with Gasteiger partial charge in [-0.2, -0.15) is 5.26 Å². The van der Waals surface area contributed by atoms with Gasteiger partial charge in [0.15, 0.2) is 0 Å². The molecule has 5 nitrogen and oxygen atoms in total. The molecule has 0 fully saturated rings. The van der Waals surface area contributed by atoms with Crippen molar-refractivity contribution < 1.29 is 19.3 Å². The summed E-state index contributed by atoms with van der Waals surface area (Å²) in [6, 6.07) is 7.19. The molecule has 5 heteroatoms. The lowest BCUT2D eigenvalue weighted by Crippen LogP contribution is -2.23. The third-order valence-electron chi connectivity index (χ3n) is 2.63. The van der Waals surface area contributed by atoms with Crippen LogP contribution in [-0.2, 0) is 4.74 Å². The highest BCUT2D eigenvalue weighted by Crippen LogP contribution is 2.32. The van der Waals surface area contributed by atoms with E-state index in [1.807, 2.05) is 0 Å². The Morgan fingerprint density at radius 1 is 1.28 bits per heavy atom. The average molecular weight is 251 g/mol. The second kappa shape index (κ2) is 6.84. The Morgan fingerprint density at radius 3 is 2.50 bits per heavy atom. The van der Waals surface area contributed by atoms with Crippen LogP contribution in [0.1, 0.15) is 11.5 Å². The third kappa shape index (κ3) is 3.13. The van der Waals surface area contributed by atoms with Crippen LogP contribution in [0, 0.1) is 11.3 Å². The van der Waals surface area contributed by atoms with E-state index in [1.54, 1.807) is 25.3 Å². The summed E-state index contributed by atoms with van der Waals surface area (Å²) in [5, 5.41) is 19.1. The number of benzene rings is 1. The minimum absolute atomic E-state index is 0.0819. The third-order valence-corrected chi connectivity index (χ3v) is 2.63. The summed E-state index contributed by atoms with van der Waals surface area (Å²) in [5.41, 5.74) is 0.587. The molecule has 1 aromatic rings. The number of hydrogen-bond acceptors (Lipinski definition) is 5. The number of hydrogen-bond donors (Lipinski definition) is 1. The fourth-order valence-electron chi connectivity index (χ4n) is 1.71. The summed E-state index contributed by atoms with van der Waals surface area (Å²) in [6.45, 7) is 0.0819. The predicted octanol–water partition coefficient (Wildman–Crippen LogP) is 1.32. The maximum absolute atomic E-state index is 9.90. The van der Waals surface area contributed by atoms with Crippen LogP contribution >= 0.6 is 0 Å². The number of aliphatic hydroxyl groups is 1. The number of nitrogens with zero attached hydrogens (tertiary/aromatic N) is 1. The maximum atomic E-state index is 9.90. The zero-order valence-electron chi connectivity index (χ0n) is 10.7. The van der Waals surface area contributed by atoms with E-state index >= 15 is 0 Å². The molecule has 0 saturated carbocycles. The van der Waals surface area contributed by atoms with Crippen molar-refractivity contribution in [1.82, 2.24) is 0 Å². The Kier molecular flexibility index (Phi) is 5.43. The zero-order valence-corrected chi connectivity index (χ0v) is 10.7. The minimum Gasteiger partial charge on any atom is -0.497 e. The Hall–Kier alpha value is -1.77. The summed E-state index contributed by atoms with van der Waals surface area (Å²) < 4.78 is 15.2. The van der Waals surface area contributed by atoms with Crippen LogP contribution < -0.4 is 9.47 Å². The number of rotatable bonds is 6. The number of aliphatic hydroxyl groups excluding tert-OH is 1. The van der Waals surface area contributed by atoms with Gasteiger partial charge in [0.25, 0.3) is 0 Å². The highest BCUT2D eigenvalue weighted by atomic mass is 16.5. The highest BCUT2D eigenvalue weighted by Gasteiger charge is 2.24. The van der Waals surface area contributed by atoms with Gasteiger partial charge in [-0.1, -0.05) is 0 Å². The number of ether oxygens (including phenoxy) is 3. The quantitative estimate of drug-likeness (QED) is 0.825. The van der Waals surface area contributed by atoms with Gasteiger partial charge in [0, 0.05) is 12.7 Å². The van der Waals surface area contributed by atoms with Crippen molar-refractivity contribution in [3.8, 4) is 17.6 Å². The van der Waals surface area contributed by atoms with Gasteiger partial charge in [0.2, 0.25) is 0 Å². The fourth-order valence-corrected chi connectivity index (χ4v) is 1.71. The maximum Gasteiger partial charge on any atom is 0.123 e. The normalized spacial score (nSPS) is 13.5. The van der Waals surface area contributed by atoms with Gasteiger partial charge in [-0.3, -0.25) is 0 Å². The van der Waals surface area contributed by atoms with Crippen LogP contribution in [0.25, 0.3) is 0 Å². The van der Waals surface area contributed by atoms with Crippen LogP contribution in [0.15, 0.2) is 18.2 Å². The molecule has 0 radical (unpaired) electrons. The molecular weight excluding hydrogens is 234 g/mol. The van der Waals surface area contributed by atoms with Crippen molar-refractivity contribution in [2.24, 2.45) is 0 Å². The Morgan fingerprint density at radius 2 is 2.00 bits per heavy atom. The predicted molar refractivity (Wildman–Crippen MR) is 65.8 cm³/mol. The van der Waals surface area contributed by atoms with E-state index in [0.717, 1.165) is 0 Å². The van der Waals surface area contributed by atoms with E-state index in [1.165, 1.54) is 14.2 Å². The first-order valence-corrected chi connectivity index (χ1v) is 5.46. The van der Waals surface area contributed by atoms with E-state index in [4.69, 9.17) is 14.2 Å². The molecular formula is C13H17NO4. The van der Waals surface area contributed by atoms with Crippen molar-refractivity contribution in [2.45, 2.75) is 12.0 Å². The van der Waals surface area contributed by atoms with E-state index < -0.39 is 12.0 Å². The van der Waals surface area contributed by atoms with Crippen LogP contribution in [0.2, 0.25) is 0 Å². The van der Waals surface area contributed by atoms with Gasteiger partial charge in [0.05, 0.1) is 33.0 Å². The second-order valence-corrected chi connectivity index (χ2v) is 3.74. The van der Waals surface area contributed by atoms with Crippen molar-refractivity contribution in [1.29, 1.82) is 5.26 Å². The molecule has 0 aliphatic carbocycles. The molecule has 1 rings (SSSR count). The van der Waals surface area contributed by atoms with Crippen molar-refractivity contribution in [3.05, 3.63) is 23.8 Å². The Labute approximate surface area is 107 Å². The first-order valence-electron chi connectivity index (χ1n) is 5.46. The van der Waals surface area contributed by atoms with Crippen molar-refractivity contribution in [2.75, 3.05) is 27.9 Å². The van der Waals surface area contributed by atoms with Crippen LogP contribution in [0.4, 0.5) is 0 Å². The summed E-state index contributed by atoms with van der Waals surface area (Å²) in [6.07, 6.45) is -0.916.